The molecular weight excluding hydrogens is 485 g/mol. The third kappa shape index (κ3) is 5.16. The lowest BCUT2D eigenvalue weighted by atomic mass is 10.0. The van der Waals surface area contributed by atoms with E-state index < -0.39 is 0 Å². The van der Waals surface area contributed by atoms with Crippen molar-refractivity contribution < 1.29 is 9.53 Å². The summed E-state index contributed by atoms with van der Waals surface area (Å²) < 4.78 is 7.06. The molecule has 1 atom stereocenters. The normalized spacial score (nSPS) is 14.1. The number of methoxy groups -OCH3 is 1. The van der Waals surface area contributed by atoms with Gasteiger partial charge in [0.25, 0.3) is 11.9 Å². The minimum atomic E-state index is -0.269. The van der Waals surface area contributed by atoms with Crippen molar-refractivity contribution in [2.45, 2.75) is 13.0 Å². The fourth-order valence-electron chi connectivity index (χ4n) is 3.76. The number of fused-ring (bicyclic) bond motifs is 1. The van der Waals surface area contributed by atoms with Crippen LogP contribution in [0.2, 0.25) is 5.02 Å². The molecule has 1 aromatic heterocycles. The highest BCUT2D eigenvalue weighted by Crippen LogP contribution is 2.34. The topological polar surface area (TPSA) is 81.1 Å². The number of aryl methyl sites for hydroxylation is 1. The Morgan fingerprint density at radius 2 is 1.71 bits per heavy atom. The molecule has 178 valence electrons. The van der Waals surface area contributed by atoms with Crippen molar-refractivity contribution in [1.29, 1.82) is 0 Å². The van der Waals surface area contributed by atoms with E-state index in [9.17, 15) is 4.79 Å². The summed E-state index contributed by atoms with van der Waals surface area (Å²) >= 11 is 6.08. The van der Waals surface area contributed by atoms with Crippen LogP contribution in [-0.2, 0) is 0 Å². The van der Waals surface area contributed by atoms with Crippen molar-refractivity contribution in [3.8, 4) is 5.75 Å². The molecular formula is C26H23Cl2N5O2. The van der Waals surface area contributed by atoms with E-state index in [2.05, 4.69) is 26.8 Å². The maximum Gasteiger partial charge on any atom is 0.258 e. The van der Waals surface area contributed by atoms with Crippen LogP contribution >= 0.6 is 24.0 Å². The van der Waals surface area contributed by atoms with Gasteiger partial charge >= 0.3 is 0 Å². The van der Waals surface area contributed by atoms with E-state index in [0.29, 0.717) is 16.5 Å². The molecule has 7 nitrogen and oxygen atoms in total. The number of allylic oxidation sites excluding steroid dienone is 1. The quantitative estimate of drug-likeness (QED) is 0.347. The molecule has 35 heavy (non-hydrogen) atoms. The number of hydrogen-bond donors (Lipinski definition) is 2. The molecule has 0 bridgehead atoms. The lowest BCUT2D eigenvalue weighted by Gasteiger charge is -2.24. The number of nitrogens with one attached hydrogen (secondary N) is 2. The molecule has 2 N–H and O–H groups in total. The van der Waals surface area contributed by atoms with Crippen molar-refractivity contribution in [1.82, 2.24) is 14.8 Å². The van der Waals surface area contributed by atoms with Crippen LogP contribution in [0.15, 0.2) is 78.9 Å². The van der Waals surface area contributed by atoms with Crippen LogP contribution in [0.25, 0.3) is 5.70 Å². The van der Waals surface area contributed by atoms with Gasteiger partial charge in [-0.3, -0.25) is 10.1 Å². The average molecular weight is 508 g/mol. The number of aromatic nitrogens is 3. The summed E-state index contributed by atoms with van der Waals surface area (Å²) in [4.78, 5) is 17.3. The van der Waals surface area contributed by atoms with Crippen LogP contribution in [-0.4, -0.2) is 27.8 Å². The molecule has 5 rings (SSSR count). The Hall–Kier alpha value is -3.81. The molecule has 1 amide bonds. The summed E-state index contributed by atoms with van der Waals surface area (Å²) in [6, 6.07) is 22.5. The van der Waals surface area contributed by atoms with Gasteiger partial charge in [-0.15, -0.1) is 17.5 Å². The molecule has 4 aromatic rings. The van der Waals surface area contributed by atoms with Gasteiger partial charge in [-0.25, -0.2) is 4.68 Å². The minimum absolute atomic E-state index is 0. The van der Waals surface area contributed by atoms with Crippen molar-refractivity contribution in [3.63, 3.8) is 0 Å². The summed E-state index contributed by atoms with van der Waals surface area (Å²) in [7, 11) is 1.64. The molecule has 0 fully saturated rings. The van der Waals surface area contributed by atoms with E-state index >= 15 is 0 Å². The Bertz CT molecular complexity index is 1360. The van der Waals surface area contributed by atoms with Crippen LogP contribution in [0, 0.1) is 6.92 Å². The number of nitrogens with zero attached hydrogens (tertiary/aromatic N) is 3. The van der Waals surface area contributed by atoms with E-state index in [0.717, 1.165) is 28.1 Å². The minimum Gasteiger partial charge on any atom is -0.497 e. The van der Waals surface area contributed by atoms with Gasteiger partial charge in [0, 0.05) is 16.3 Å². The highest BCUT2D eigenvalue weighted by atomic mass is 35.5. The first-order chi connectivity index (χ1) is 16.5. The first-order valence-corrected chi connectivity index (χ1v) is 11.1. The van der Waals surface area contributed by atoms with Crippen LogP contribution in [0.5, 0.6) is 5.75 Å². The van der Waals surface area contributed by atoms with E-state index in [-0.39, 0.29) is 30.3 Å². The second kappa shape index (κ2) is 10.2. The zero-order valence-electron chi connectivity index (χ0n) is 19.0. The molecule has 0 radical (unpaired) electrons. The summed E-state index contributed by atoms with van der Waals surface area (Å²) in [5.74, 6) is 1.24. The van der Waals surface area contributed by atoms with Gasteiger partial charge in [0.2, 0.25) is 5.95 Å². The molecule has 9 heteroatoms. The smallest absolute Gasteiger partial charge is 0.258 e. The second-order valence-corrected chi connectivity index (χ2v) is 8.39. The fraction of sp³-hybridized carbons (Fsp3) is 0.115. The van der Waals surface area contributed by atoms with Gasteiger partial charge in [-0.05, 0) is 60.5 Å². The Balaban J connectivity index is 0.00000289. The van der Waals surface area contributed by atoms with Gasteiger partial charge in [-0.1, -0.05) is 53.6 Å². The number of hydrogen-bond acceptors (Lipinski definition) is 5. The first kappa shape index (κ1) is 24.3. The maximum absolute atomic E-state index is 12.7. The van der Waals surface area contributed by atoms with Crippen molar-refractivity contribution in [2.75, 3.05) is 17.7 Å². The molecule has 0 aliphatic carbocycles. The molecule has 2 heterocycles. The summed E-state index contributed by atoms with van der Waals surface area (Å²) in [6.45, 7) is 1.98. The van der Waals surface area contributed by atoms with Crippen LogP contribution in [0.1, 0.15) is 33.1 Å². The second-order valence-electron chi connectivity index (χ2n) is 7.95. The van der Waals surface area contributed by atoms with Crippen molar-refractivity contribution >= 4 is 47.5 Å². The molecule has 1 aliphatic heterocycles. The predicted molar refractivity (Wildman–Crippen MR) is 141 cm³/mol. The summed E-state index contributed by atoms with van der Waals surface area (Å²) in [5.41, 5.74) is 4.45. The van der Waals surface area contributed by atoms with Crippen LogP contribution in [0.4, 0.5) is 11.9 Å². The van der Waals surface area contributed by atoms with Gasteiger partial charge < -0.3 is 10.1 Å². The Labute approximate surface area is 214 Å². The summed E-state index contributed by atoms with van der Waals surface area (Å²) in [6.07, 6.45) is 2.07. The number of benzene rings is 3. The van der Waals surface area contributed by atoms with E-state index in [1.807, 2.05) is 67.6 Å². The highest BCUT2D eigenvalue weighted by molar-refractivity contribution is 6.30. The number of rotatable bonds is 5. The van der Waals surface area contributed by atoms with Crippen molar-refractivity contribution in [3.05, 3.63) is 106 Å². The predicted octanol–water partition coefficient (Wildman–Crippen LogP) is 5.98. The van der Waals surface area contributed by atoms with E-state index in [1.54, 1.807) is 23.9 Å². The van der Waals surface area contributed by atoms with Gasteiger partial charge in [0.15, 0.2) is 0 Å². The molecule has 1 aliphatic rings. The fourth-order valence-corrected chi connectivity index (χ4v) is 3.89. The largest absolute Gasteiger partial charge is 0.497 e. The zero-order valence-corrected chi connectivity index (χ0v) is 20.6. The number of ether oxygens (including phenoxy) is 1. The number of carbonyl (C=O) groups excluding carboxylic acids is 1. The average Bonchev–Trinajstić information content (AvgIpc) is 3.26. The Kier molecular flexibility index (Phi) is 7.10. The molecule has 0 spiro atoms. The lowest BCUT2D eigenvalue weighted by Crippen LogP contribution is -2.20. The number of anilines is 2. The summed E-state index contributed by atoms with van der Waals surface area (Å²) in [5, 5.41) is 11.4. The Morgan fingerprint density at radius 3 is 2.37 bits per heavy atom. The standard InChI is InChI=1S/C26H22ClN5O2.ClH/c1-16-3-5-19(6-4-16)24(33)29-25-30-26-28-22(17-7-11-20(27)12-8-17)15-23(32(26)31-25)18-9-13-21(34-2)14-10-18;/h3-15,23H,1-2H3,(H2,28,29,30,31,33);1H. The highest BCUT2D eigenvalue weighted by Gasteiger charge is 2.26. The van der Waals surface area contributed by atoms with Crippen LogP contribution in [0.3, 0.4) is 0 Å². The van der Waals surface area contributed by atoms with E-state index in [4.69, 9.17) is 16.3 Å². The molecule has 3 aromatic carbocycles. The SMILES string of the molecule is COc1ccc(C2C=C(c3ccc(Cl)cc3)Nc3nc(NC(=O)c4ccc(C)cc4)nn32)cc1.Cl. The molecule has 0 saturated carbocycles. The molecule has 0 saturated heterocycles. The van der Waals surface area contributed by atoms with Gasteiger partial charge in [-0.2, -0.15) is 4.98 Å². The number of carbonyl (C=O) groups is 1. The van der Waals surface area contributed by atoms with E-state index in [1.165, 1.54) is 0 Å². The third-order valence-electron chi connectivity index (χ3n) is 5.62. The zero-order chi connectivity index (χ0) is 23.7. The molecule has 1 unspecified atom stereocenters. The number of amides is 1. The van der Waals surface area contributed by atoms with Gasteiger partial charge in [0.1, 0.15) is 11.8 Å². The monoisotopic (exact) mass is 507 g/mol. The number of halogens is 2. The Morgan fingerprint density at radius 1 is 1.03 bits per heavy atom. The maximum atomic E-state index is 12.7. The van der Waals surface area contributed by atoms with Crippen LogP contribution < -0.4 is 15.4 Å². The van der Waals surface area contributed by atoms with Crippen molar-refractivity contribution in [2.24, 2.45) is 0 Å². The first-order valence-electron chi connectivity index (χ1n) is 10.7. The lowest BCUT2D eigenvalue weighted by molar-refractivity contribution is 0.102. The third-order valence-corrected chi connectivity index (χ3v) is 5.87. The van der Waals surface area contributed by atoms with Gasteiger partial charge in [0.05, 0.1) is 7.11 Å².